The van der Waals surface area contributed by atoms with Crippen molar-refractivity contribution < 1.29 is 9.18 Å². The molecule has 1 heterocycles. The molecule has 0 bridgehead atoms. The van der Waals surface area contributed by atoms with Crippen molar-refractivity contribution in [3.63, 3.8) is 0 Å². The molecule has 2 atom stereocenters. The molecule has 0 spiro atoms. The first-order valence-electron chi connectivity index (χ1n) is 10.5. The largest absolute Gasteiger partial charge is 0.390 e. The molecule has 1 fully saturated rings. The predicted molar refractivity (Wildman–Crippen MR) is 127 cm³/mol. The number of carbonyl (C=O) groups excluding carboxylic acids is 1. The van der Waals surface area contributed by atoms with Gasteiger partial charge in [-0.15, -0.1) is 0 Å². The first kappa shape index (κ1) is 23.1. The number of nitrogens with two attached hydrogens (primary N) is 2. The van der Waals surface area contributed by atoms with E-state index >= 15 is 0 Å². The van der Waals surface area contributed by atoms with Crippen LogP contribution < -0.4 is 27.0 Å². The zero-order chi connectivity index (χ0) is 23.1. The van der Waals surface area contributed by atoms with Gasteiger partial charge in [-0.2, -0.15) is 0 Å². The summed E-state index contributed by atoms with van der Waals surface area (Å²) in [6, 6.07) is 8.50. The Kier molecular flexibility index (Phi) is 7.72. The topological polar surface area (TPSA) is 134 Å². The molecule has 0 aliphatic heterocycles. The van der Waals surface area contributed by atoms with Gasteiger partial charge in [0.2, 0.25) is 0 Å². The zero-order valence-electron chi connectivity index (χ0n) is 18.3. The summed E-state index contributed by atoms with van der Waals surface area (Å²) >= 11 is 0. The Morgan fingerprint density at radius 1 is 1.28 bits per heavy atom. The van der Waals surface area contributed by atoms with Gasteiger partial charge in [-0.3, -0.25) is 4.79 Å². The van der Waals surface area contributed by atoms with Crippen molar-refractivity contribution in [2.45, 2.75) is 37.8 Å². The number of amides is 1. The highest BCUT2D eigenvalue weighted by Crippen LogP contribution is 2.30. The van der Waals surface area contributed by atoms with E-state index in [2.05, 4.69) is 25.6 Å². The van der Waals surface area contributed by atoms with Gasteiger partial charge in [-0.05, 0) is 50.2 Å². The molecule has 2 aromatic rings. The van der Waals surface area contributed by atoms with Gasteiger partial charge in [0.05, 0.1) is 17.6 Å². The van der Waals surface area contributed by atoms with E-state index < -0.39 is 11.7 Å². The third-order valence-corrected chi connectivity index (χ3v) is 5.64. The van der Waals surface area contributed by atoms with Gasteiger partial charge >= 0.3 is 0 Å². The van der Waals surface area contributed by atoms with E-state index in [-0.39, 0.29) is 29.3 Å². The third-order valence-electron chi connectivity index (χ3n) is 5.64. The van der Waals surface area contributed by atoms with Crippen LogP contribution in [0.3, 0.4) is 0 Å². The number of nitrogens with one attached hydrogen (secondary N) is 2. The molecule has 1 aromatic heterocycles. The van der Waals surface area contributed by atoms with E-state index in [9.17, 15) is 9.18 Å². The number of nitrogens with zero attached hydrogens (tertiary/aromatic N) is 4. The maximum Gasteiger partial charge on any atom is 0.252 e. The highest BCUT2D eigenvalue weighted by atomic mass is 19.1. The second-order valence-electron chi connectivity index (χ2n) is 7.63. The lowest BCUT2D eigenvalue weighted by Gasteiger charge is -2.38. The van der Waals surface area contributed by atoms with Gasteiger partial charge in [0.25, 0.3) is 5.91 Å². The monoisotopic (exact) mass is 440 g/mol. The average molecular weight is 441 g/mol. The standard InChI is InChI=1S/C22H29FN8O/c1-26-18-5-3-4-6-19(18)31(2)22-17(23)11-16(20(25)32)21(30-22)29-15-9-7-14(8-10-15)28-13-27-12-24/h7-13,18-19,26H,3-6H2,1-2H3,(H2,25,32)(H,29,30)(H2,24,27,28). The highest BCUT2D eigenvalue weighted by molar-refractivity contribution is 5.98. The summed E-state index contributed by atoms with van der Waals surface area (Å²) in [5.74, 6) is -0.982. The fourth-order valence-corrected chi connectivity index (χ4v) is 3.98. The minimum Gasteiger partial charge on any atom is -0.390 e. The van der Waals surface area contributed by atoms with Crippen LogP contribution in [0.4, 0.5) is 27.4 Å². The van der Waals surface area contributed by atoms with Crippen LogP contribution in [0.25, 0.3) is 0 Å². The van der Waals surface area contributed by atoms with Crippen molar-refractivity contribution in [3.05, 3.63) is 41.7 Å². The first-order valence-corrected chi connectivity index (χ1v) is 10.5. The van der Waals surface area contributed by atoms with Crippen LogP contribution in [0.2, 0.25) is 0 Å². The molecule has 170 valence electrons. The number of hydrogen-bond acceptors (Lipinski definition) is 6. The summed E-state index contributed by atoms with van der Waals surface area (Å²) in [6.07, 6.45) is 6.64. The molecule has 2 unspecified atom stereocenters. The van der Waals surface area contributed by atoms with Gasteiger partial charge in [-0.1, -0.05) is 12.8 Å². The second kappa shape index (κ2) is 10.7. The average Bonchev–Trinajstić information content (AvgIpc) is 2.80. The highest BCUT2D eigenvalue weighted by Gasteiger charge is 2.30. The van der Waals surface area contributed by atoms with E-state index in [1.54, 1.807) is 24.3 Å². The van der Waals surface area contributed by atoms with Gasteiger partial charge in [0.1, 0.15) is 12.2 Å². The lowest BCUT2D eigenvalue weighted by atomic mass is 9.89. The molecule has 1 aliphatic rings. The molecule has 1 aromatic carbocycles. The van der Waals surface area contributed by atoms with Gasteiger partial charge in [0, 0.05) is 24.8 Å². The Hall–Kier alpha value is -3.53. The molecule has 1 amide bonds. The van der Waals surface area contributed by atoms with Crippen molar-refractivity contribution in [2.24, 2.45) is 21.5 Å². The van der Waals surface area contributed by atoms with Crippen LogP contribution in [0, 0.1) is 5.82 Å². The second-order valence-corrected chi connectivity index (χ2v) is 7.63. The molecule has 3 rings (SSSR count). The summed E-state index contributed by atoms with van der Waals surface area (Å²) in [4.78, 5) is 26.1. The van der Waals surface area contributed by atoms with Crippen molar-refractivity contribution in [2.75, 3.05) is 24.3 Å². The Labute approximate surface area is 186 Å². The quantitative estimate of drug-likeness (QED) is 0.368. The van der Waals surface area contributed by atoms with Crippen LogP contribution in [-0.2, 0) is 0 Å². The minimum absolute atomic E-state index is 0.0205. The maximum atomic E-state index is 15.0. The SMILES string of the molecule is CNC1CCCCC1N(C)c1nc(Nc2ccc(N=CN=CN)cc2)c(C(N)=O)cc1F. The molecule has 10 heteroatoms. The van der Waals surface area contributed by atoms with E-state index in [4.69, 9.17) is 11.5 Å². The number of hydrogen-bond donors (Lipinski definition) is 4. The third kappa shape index (κ3) is 5.38. The van der Waals surface area contributed by atoms with E-state index in [0.717, 1.165) is 38.1 Å². The number of aromatic nitrogens is 1. The van der Waals surface area contributed by atoms with Crippen LogP contribution in [0.1, 0.15) is 36.0 Å². The predicted octanol–water partition coefficient (Wildman–Crippen LogP) is 2.68. The Balaban J connectivity index is 1.90. The molecule has 0 saturated heterocycles. The fraction of sp³-hybridized carbons (Fsp3) is 0.364. The smallest absolute Gasteiger partial charge is 0.252 e. The summed E-state index contributed by atoms with van der Waals surface area (Å²) < 4.78 is 15.0. The maximum absolute atomic E-state index is 15.0. The number of anilines is 3. The summed E-state index contributed by atoms with van der Waals surface area (Å²) in [7, 11) is 3.75. The fourth-order valence-electron chi connectivity index (χ4n) is 3.98. The molecule has 6 N–H and O–H groups in total. The van der Waals surface area contributed by atoms with E-state index in [1.165, 1.54) is 6.34 Å². The molecule has 1 saturated carbocycles. The van der Waals surface area contributed by atoms with Gasteiger partial charge in [-0.25, -0.2) is 19.4 Å². The first-order chi connectivity index (χ1) is 15.4. The normalized spacial score (nSPS) is 18.8. The van der Waals surface area contributed by atoms with Gasteiger partial charge < -0.3 is 27.0 Å². The molecular weight excluding hydrogens is 411 g/mol. The Morgan fingerprint density at radius 3 is 2.66 bits per heavy atom. The van der Waals surface area contributed by atoms with Crippen LogP contribution in [-0.4, -0.2) is 49.7 Å². The number of halogens is 1. The molecule has 1 aliphatic carbocycles. The lowest BCUT2D eigenvalue weighted by Crippen LogP contribution is -2.50. The Bertz CT molecular complexity index is 992. The molecule has 0 radical (unpaired) electrons. The van der Waals surface area contributed by atoms with Crippen LogP contribution >= 0.6 is 0 Å². The molecule has 32 heavy (non-hydrogen) atoms. The van der Waals surface area contributed by atoms with Crippen molar-refractivity contribution in [1.29, 1.82) is 0 Å². The number of benzene rings is 1. The van der Waals surface area contributed by atoms with E-state index in [0.29, 0.717) is 11.4 Å². The molecular formula is C22H29FN8O. The van der Waals surface area contributed by atoms with E-state index in [1.807, 2.05) is 19.0 Å². The van der Waals surface area contributed by atoms with Crippen molar-refractivity contribution >= 4 is 41.6 Å². The van der Waals surface area contributed by atoms with Crippen molar-refractivity contribution in [3.8, 4) is 0 Å². The Morgan fingerprint density at radius 2 is 2.00 bits per heavy atom. The van der Waals surface area contributed by atoms with Gasteiger partial charge in [0.15, 0.2) is 11.6 Å². The van der Waals surface area contributed by atoms with Crippen molar-refractivity contribution in [1.82, 2.24) is 10.3 Å². The number of carbonyl (C=O) groups is 1. The van der Waals surface area contributed by atoms with Crippen LogP contribution in [0.5, 0.6) is 0 Å². The number of primary amides is 1. The molecule has 9 nitrogen and oxygen atoms in total. The number of pyridine rings is 1. The number of aliphatic imine (C=N–C) groups is 2. The zero-order valence-corrected chi connectivity index (χ0v) is 18.3. The number of likely N-dealkylation sites (N-methyl/N-ethyl adjacent to an activating group) is 2. The summed E-state index contributed by atoms with van der Waals surface area (Å²) in [5, 5.41) is 6.40. The summed E-state index contributed by atoms with van der Waals surface area (Å²) in [6.45, 7) is 0. The minimum atomic E-state index is -0.764. The number of rotatable bonds is 8. The van der Waals surface area contributed by atoms with Crippen LogP contribution in [0.15, 0.2) is 40.3 Å². The lowest BCUT2D eigenvalue weighted by molar-refractivity contribution is 0.100. The summed E-state index contributed by atoms with van der Waals surface area (Å²) in [5.41, 5.74) is 12.0.